The summed E-state index contributed by atoms with van der Waals surface area (Å²) in [4.78, 5) is 0. The van der Waals surface area contributed by atoms with Crippen molar-refractivity contribution in [3.63, 3.8) is 0 Å². The van der Waals surface area contributed by atoms with Gasteiger partial charge in [-0.1, -0.05) is 0 Å². The Bertz CT molecular complexity index is 137. The molecule has 0 aliphatic carbocycles. The van der Waals surface area contributed by atoms with E-state index >= 15 is 0 Å². The van der Waals surface area contributed by atoms with Crippen LogP contribution < -0.4 is 10.9 Å². The SMILES string of the molecule is FC(F)(F)C1=CN[N]C1. The molecule has 1 aliphatic rings. The van der Waals surface area contributed by atoms with Gasteiger partial charge in [-0.3, -0.25) is 0 Å². The van der Waals surface area contributed by atoms with Crippen molar-refractivity contribution in [3.05, 3.63) is 11.8 Å². The molecule has 1 heterocycles. The number of halogens is 3. The Morgan fingerprint density at radius 3 is 2.44 bits per heavy atom. The highest BCUT2D eigenvalue weighted by atomic mass is 19.4. The second kappa shape index (κ2) is 1.91. The summed E-state index contributed by atoms with van der Waals surface area (Å²) < 4.78 is 34.8. The van der Waals surface area contributed by atoms with Gasteiger partial charge in [0.2, 0.25) is 0 Å². The van der Waals surface area contributed by atoms with Crippen molar-refractivity contribution < 1.29 is 13.2 Å². The van der Waals surface area contributed by atoms with Crippen molar-refractivity contribution in [3.8, 4) is 0 Å². The predicted octanol–water partition coefficient (Wildman–Crippen LogP) is 0.555. The van der Waals surface area contributed by atoms with E-state index in [2.05, 4.69) is 10.9 Å². The number of nitrogens with zero attached hydrogens (tertiary/aromatic N) is 1. The van der Waals surface area contributed by atoms with Gasteiger partial charge in [-0.05, 0) is 0 Å². The lowest BCUT2D eigenvalue weighted by Gasteiger charge is -2.02. The number of hydrogen-bond donors (Lipinski definition) is 1. The van der Waals surface area contributed by atoms with Crippen molar-refractivity contribution >= 4 is 0 Å². The van der Waals surface area contributed by atoms with Gasteiger partial charge in [-0.15, -0.1) is 5.43 Å². The molecule has 0 saturated heterocycles. The molecule has 0 spiro atoms. The Kier molecular flexibility index (Phi) is 1.36. The van der Waals surface area contributed by atoms with Crippen LogP contribution in [0.15, 0.2) is 11.8 Å². The van der Waals surface area contributed by atoms with E-state index in [1.165, 1.54) is 0 Å². The number of hydrogen-bond acceptors (Lipinski definition) is 1. The summed E-state index contributed by atoms with van der Waals surface area (Å²) in [5.74, 6) is 0. The van der Waals surface area contributed by atoms with Crippen LogP contribution in [-0.4, -0.2) is 12.7 Å². The molecule has 0 amide bonds. The maximum Gasteiger partial charge on any atom is 0.415 e. The molecule has 0 fully saturated rings. The highest BCUT2D eigenvalue weighted by molar-refractivity contribution is 5.12. The summed E-state index contributed by atoms with van der Waals surface area (Å²) in [7, 11) is 0. The normalized spacial score (nSPS) is 19.2. The first-order valence-electron chi connectivity index (χ1n) is 2.29. The molecule has 1 N–H and O–H groups in total. The monoisotopic (exact) mass is 137 g/mol. The Morgan fingerprint density at radius 2 is 2.22 bits per heavy atom. The van der Waals surface area contributed by atoms with Crippen LogP contribution in [0.5, 0.6) is 0 Å². The molecule has 1 radical (unpaired) electrons. The maximum absolute atomic E-state index is 11.6. The van der Waals surface area contributed by atoms with Gasteiger partial charge in [0.1, 0.15) is 0 Å². The third-order valence-corrected chi connectivity index (χ3v) is 0.944. The molecule has 0 atom stereocenters. The van der Waals surface area contributed by atoms with Crippen molar-refractivity contribution in [2.75, 3.05) is 6.54 Å². The molecule has 2 nitrogen and oxygen atoms in total. The lowest BCUT2D eigenvalue weighted by Crippen LogP contribution is -2.16. The van der Waals surface area contributed by atoms with Crippen LogP contribution in [0.1, 0.15) is 0 Å². The van der Waals surface area contributed by atoms with Crippen molar-refractivity contribution in [1.82, 2.24) is 10.9 Å². The standard InChI is InChI=1S/C4H4F3N2/c5-4(6,7)3-1-8-9-2-3/h1,8H,2H2. The molecule has 1 aliphatic heterocycles. The molecular weight excluding hydrogens is 133 g/mol. The van der Waals surface area contributed by atoms with E-state index in [0.29, 0.717) is 0 Å². The van der Waals surface area contributed by atoms with Gasteiger partial charge in [0.25, 0.3) is 0 Å². The van der Waals surface area contributed by atoms with Crippen molar-refractivity contribution in [2.24, 2.45) is 0 Å². The van der Waals surface area contributed by atoms with Crippen LogP contribution in [-0.2, 0) is 0 Å². The summed E-state index contributed by atoms with van der Waals surface area (Å²) in [6.45, 7) is -0.274. The van der Waals surface area contributed by atoms with Crippen molar-refractivity contribution in [1.29, 1.82) is 0 Å². The van der Waals surface area contributed by atoms with E-state index in [-0.39, 0.29) is 6.54 Å². The Hall–Kier alpha value is -0.710. The second-order valence-corrected chi connectivity index (χ2v) is 1.61. The van der Waals surface area contributed by atoms with Crippen LogP contribution in [0.4, 0.5) is 13.2 Å². The van der Waals surface area contributed by atoms with Crippen LogP contribution in [0.2, 0.25) is 0 Å². The zero-order chi connectivity index (χ0) is 6.91. The fraction of sp³-hybridized carbons (Fsp3) is 0.500. The molecule has 51 valence electrons. The summed E-state index contributed by atoms with van der Waals surface area (Å²) in [5.41, 5.74) is 4.77. The number of rotatable bonds is 0. The quantitative estimate of drug-likeness (QED) is 0.518. The third kappa shape index (κ3) is 1.35. The first-order chi connectivity index (χ1) is 4.11. The molecule has 1 rings (SSSR count). The van der Waals surface area contributed by atoms with E-state index in [1.807, 2.05) is 0 Å². The number of nitrogens with one attached hydrogen (secondary N) is 1. The fourth-order valence-electron chi connectivity index (χ4n) is 0.471. The third-order valence-electron chi connectivity index (χ3n) is 0.944. The molecule has 5 heteroatoms. The van der Waals surface area contributed by atoms with Crippen LogP contribution >= 0.6 is 0 Å². The van der Waals surface area contributed by atoms with Gasteiger partial charge >= 0.3 is 6.18 Å². The minimum absolute atomic E-state index is 0.274. The summed E-state index contributed by atoms with van der Waals surface area (Å²) in [5, 5.41) is 0. The Morgan fingerprint density at radius 1 is 1.56 bits per heavy atom. The van der Waals surface area contributed by atoms with Crippen LogP contribution in [0.25, 0.3) is 0 Å². The average molecular weight is 137 g/mol. The fourth-order valence-corrected chi connectivity index (χ4v) is 0.471. The molecule has 0 bridgehead atoms. The predicted molar refractivity (Wildman–Crippen MR) is 24.3 cm³/mol. The maximum atomic E-state index is 11.6. The van der Waals surface area contributed by atoms with Gasteiger partial charge < -0.3 is 5.43 Å². The van der Waals surface area contributed by atoms with Gasteiger partial charge in [0.15, 0.2) is 0 Å². The first kappa shape index (κ1) is 6.41. The molecule has 0 aromatic heterocycles. The van der Waals surface area contributed by atoms with Gasteiger partial charge in [-0.25, -0.2) is 0 Å². The minimum Gasteiger partial charge on any atom is -0.311 e. The molecule has 0 saturated carbocycles. The lowest BCUT2D eigenvalue weighted by atomic mass is 10.3. The van der Waals surface area contributed by atoms with E-state index in [4.69, 9.17) is 0 Å². The number of alkyl halides is 3. The van der Waals surface area contributed by atoms with Gasteiger partial charge in [0, 0.05) is 6.20 Å². The molecule has 0 aromatic rings. The molecular formula is C4H4F3N2. The first-order valence-corrected chi connectivity index (χ1v) is 2.29. The summed E-state index contributed by atoms with van der Waals surface area (Å²) in [6, 6.07) is 0. The topological polar surface area (TPSA) is 26.1 Å². The van der Waals surface area contributed by atoms with Gasteiger partial charge in [-0.2, -0.15) is 13.2 Å². The largest absolute Gasteiger partial charge is 0.415 e. The van der Waals surface area contributed by atoms with E-state index in [1.54, 1.807) is 0 Å². The van der Waals surface area contributed by atoms with Crippen LogP contribution in [0, 0.1) is 0 Å². The highest BCUT2D eigenvalue weighted by Crippen LogP contribution is 2.25. The Labute approximate surface area is 49.7 Å². The zero-order valence-corrected chi connectivity index (χ0v) is 4.37. The van der Waals surface area contributed by atoms with Crippen molar-refractivity contribution in [2.45, 2.75) is 6.18 Å². The van der Waals surface area contributed by atoms with Gasteiger partial charge in [0.05, 0.1) is 12.1 Å². The van der Waals surface area contributed by atoms with E-state index in [9.17, 15) is 13.2 Å². The lowest BCUT2D eigenvalue weighted by molar-refractivity contribution is -0.0919. The van der Waals surface area contributed by atoms with Crippen LogP contribution in [0.3, 0.4) is 0 Å². The summed E-state index contributed by atoms with van der Waals surface area (Å²) >= 11 is 0. The minimum atomic E-state index is -4.22. The molecule has 0 unspecified atom stereocenters. The second-order valence-electron chi connectivity index (χ2n) is 1.61. The van der Waals surface area contributed by atoms with E-state index < -0.39 is 11.7 Å². The molecule has 9 heavy (non-hydrogen) atoms. The molecule has 0 aromatic carbocycles. The average Bonchev–Trinajstić information content (AvgIpc) is 2.08. The van der Waals surface area contributed by atoms with E-state index in [0.717, 1.165) is 6.20 Å². The highest BCUT2D eigenvalue weighted by Gasteiger charge is 2.35. The Balaban J connectivity index is 2.61. The zero-order valence-electron chi connectivity index (χ0n) is 4.37. The summed E-state index contributed by atoms with van der Waals surface area (Å²) in [6.07, 6.45) is -3.35. The smallest absolute Gasteiger partial charge is 0.311 e.